The quantitative estimate of drug-likeness (QED) is 0.819. The Labute approximate surface area is 91.3 Å². The second kappa shape index (κ2) is 4.62. The first-order valence-corrected chi connectivity index (χ1v) is 5.69. The Kier molecular flexibility index (Phi) is 3.21. The summed E-state index contributed by atoms with van der Waals surface area (Å²) in [5, 5.41) is 0. The molecule has 1 aromatic rings. The molecule has 2 rings (SSSR count). The molecule has 0 saturated heterocycles. The van der Waals surface area contributed by atoms with Gasteiger partial charge in [-0.25, -0.2) is 4.98 Å². The van der Waals surface area contributed by atoms with Crippen molar-refractivity contribution in [3.8, 4) is 0 Å². The Morgan fingerprint density at radius 2 is 2.13 bits per heavy atom. The second-order valence-electron chi connectivity index (χ2n) is 4.28. The van der Waals surface area contributed by atoms with E-state index in [1.165, 1.54) is 25.7 Å². The molecule has 3 nitrogen and oxygen atoms in total. The van der Waals surface area contributed by atoms with Gasteiger partial charge in [-0.1, -0.05) is 18.9 Å². The maximum absolute atomic E-state index is 5.54. The number of nitrogens with zero attached hydrogens (tertiary/aromatic N) is 2. The van der Waals surface area contributed by atoms with Gasteiger partial charge in [-0.15, -0.1) is 0 Å². The first kappa shape index (κ1) is 10.4. The molecule has 0 unspecified atom stereocenters. The van der Waals surface area contributed by atoms with E-state index in [2.05, 4.69) is 29.1 Å². The predicted molar refractivity (Wildman–Crippen MR) is 62.8 cm³/mol. The van der Waals surface area contributed by atoms with Crippen LogP contribution in [0.2, 0.25) is 0 Å². The fourth-order valence-electron chi connectivity index (χ4n) is 2.22. The van der Waals surface area contributed by atoms with Gasteiger partial charge < -0.3 is 10.6 Å². The molecule has 2 N–H and O–H groups in total. The van der Waals surface area contributed by atoms with Crippen molar-refractivity contribution < 1.29 is 0 Å². The van der Waals surface area contributed by atoms with Gasteiger partial charge in [0.1, 0.15) is 5.82 Å². The van der Waals surface area contributed by atoms with Crippen LogP contribution in [0.3, 0.4) is 0 Å². The molecule has 1 fully saturated rings. The van der Waals surface area contributed by atoms with E-state index in [1.54, 1.807) is 0 Å². The van der Waals surface area contributed by atoms with E-state index in [-0.39, 0.29) is 0 Å². The van der Waals surface area contributed by atoms with E-state index in [0.29, 0.717) is 12.6 Å². The van der Waals surface area contributed by atoms with E-state index in [0.717, 1.165) is 11.4 Å². The molecule has 15 heavy (non-hydrogen) atoms. The van der Waals surface area contributed by atoms with Gasteiger partial charge in [-0.2, -0.15) is 0 Å². The maximum Gasteiger partial charge on any atom is 0.128 e. The van der Waals surface area contributed by atoms with Gasteiger partial charge >= 0.3 is 0 Å². The molecular formula is C12H19N3. The molecule has 1 aliphatic rings. The Bertz CT molecular complexity index is 301. The lowest BCUT2D eigenvalue weighted by Crippen LogP contribution is -2.29. The normalized spacial score (nSPS) is 16.9. The van der Waals surface area contributed by atoms with E-state index >= 15 is 0 Å². The number of hydrogen-bond acceptors (Lipinski definition) is 3. The van der Waals surface area contributed by atoms with Crippen LogP contribution < -0.4 is 10.6 Å². The third-order valence-corrected chi connectivity index (χ3v) is 3.28. The summed E-state index contributed by atoms with van der Waals surface area (Å²) in [5.41, 5.74) is 6.64. The molecule has 1 aliphatic carbocycles. The summed E-state index contributed by atoms with van der Waals surface area (Å²) in [6.45, 7) is 0.570. The van der Waals surface area contributed by atoms with Crippen LogP contribution >= 0.6 is 0 Å². The molecule has 0 amide bonds. The molecule has 3 heteroatoms. The van der Waals surface area contributed by atoms with Crippen LogP contribution in [0.5, 0.6) is 0 Å². The third kappa shape index (κ3) is 2.29. The Morgan fingerprint density at radius 1 is 1.40 bits per heavy atom. The minimum Gasteiger partial charge on any atom is -0.357 e. The Hall–Kier alpha value is -1.09. The van der Waals surface area contributed by atoms with Crippen LogP contribution in [-0.2, 0) is 6.54 Å². The van der Waals surface area contributed by atoms with Gasteiger partial charge in [-0.05, 0) is 24.5 Å². The van der Waals surface area contributed by atoms with Crippen LogP contribution in [0.4, 0.5) is 5.82 Å². The largest absolute Gasteiger partial charge is 0.357 e. The molecule has 1 aromatic heterocycles. The highest BCUT2D eigenvalue weighted by atomic mass is 15.2. The maximum atomic E-state index is 5.54. The van der Waals surface area contributed by atoms with Crippen LogP contribution in [0.1, 0.15) is 31.2 Å². The van der Waals surface area contributed by atoms with Gasteiger partial charge in [0, 0.05) is 25.8 Å². The number of anilines is 1. The van der Waals surface area contributed by atoms with E-state index in [4.69, 9.17) is 5.73 Å². The number of aromatic nitrogens is 1. The topological polar surface area (TPSA) is 42.1 Å². The molecule has 0 aromatic carbocycles. The first-order valence-electron chi connectivity index (χ1n) is 5.69. The third-order valence-electron chi connectivity index (χ3n) is 3.28. The minimum atomic E-state index is 0.570. The van der Waals surface area contributed by atoms with Crippen LogP contribution in [-0.4, -0.2) is 18.1 Å². The molecule has 0 aliphatic heterocycles. The predicted octanol–water partition coefficient (Wildman–Crippen LogP) is 1.92. The minimum absolute atomic E-state index is 0.570. The zero-order chi connectivity index (χ0) is 10.7. The summed E-state index contributed by atoms with van der Waals surface area (Å²) in [5.74, 6) is 1.07. The average molecular weight is 205 g/mol. The first-order chi connectivity index (χ1) is 7.31. The van der Waals surface area contributed by atoms with Crippen molar-refractivity contribution in [3.63, 3.8) is 0 Å². The van der Waals surface area contributed by atoms with Gasteiger partial charge in [0.2, 0.25) is 0 Å². The zero-order valence-electron chi connectivity index (χ0n) is 9.32. The molecule has 1 saturated carbocycles. The van der Waals surface area contributed by atoms with Gasteiger partial charge in [0.05, 0.1) is 0 Å². The van der Waals surface area contributed by atoms with Crippen LogP contribution in [0.15, 0.2) is 18.3 Å². The number of pyridine rings is 1. The van der Waals surface area contributed by atoms with Crippen molar-refractivity contribution >= 4 is 5.82 Å². The van der Waals surface area contributed by atoms with Gasteiger partial charge in [-0.3, -0.25) is 0 Å². The van der Waals surface area contributed by atoms with E-state index in [1.807, 2.05) is 6.20 Å². The molecule has 0 radical (unpaired) electrons. The fraction of sp³-hybridized carbons (Fsp3) is 0.583. The van der Waals surface area contributed by atoms with Crippen molar-refractivity contribution in [1.29, 1.82) is 0 Å². The monoisotopic (exact) mass is 205 g/mol. The molecule has 0 spiro atoms. The van der Waals surface area contributed by atoms with Gasteiger partial charge in [0.25, 0.3) is 0 Å². The van der Waals surface area contributed by atoms with Crippen molar-refractivity contribution in [3.05, 3.63) is 23.9 Å². The molecule has 0 atom stereocenters. The van der Waals surface area contributed by atoms with Crippen LogP contribution in [0, 0.1) is 0 Å². The summed E-state index contributed by atoms with van der Waals surface area (Å²) in [6.07, 6.45) is 7.19. The number of hydrogen-bond donors (Lipinski definition) is 1. The average Bonchev–Trinajstić information content (AvgIpc) is 2.82. The standard InChI is InChI=1S/C12H19N3/c1-15(11-4-2-3-5-11)12-7-6-10(8-13)9-14-12/h6-7,9,11H,2-5,8,13H2,1H3. The summed E-state index contributed by atoms with van der Waals surface area (Å²) in [7, 11) is 2.14. The molecule has 1 heterocycles. The number of nitrogens with two attached hydrogens (primary N) is 1. The summed E-state index contributed by atoms with van der Waals surface area (Å²) < 4.78 is 0. The highest BCUT2D eigenvalue weighted by Gasteiger charge is 2.20. The lowest BCUT2D eigenvalue weighted by atomic mass is 10.2. The van der Waals surface area contributed by atoms with Crippen molar-refractivity contribution in [2.75, 3.05) is 11.9 Å². The van der Waals surface area contributed by atoms with Crippen molar-refractivity contribution in [1.82, 2.24) is 4.98 Å². The van der Waals surface area contributed by atoms with Crippen LogP contribution in [0.25, 0.3) is 0 Å². The SMILES string of the molecule is CN(c1ccc(CN)cn1)C1CCCC1. The summed E-state index contributed by atoms with van der Waals surface area (Å²) in [4.78, 5) is 6.74. The fourth-order valence-corrected chi connectivity index (χ4v) is 2.22. The Balaban J connectivity index is 2.07. The summed E-state index contributed by atoms with van der Waals surface area (Å²) >= 11 is 0. The van der Waals surface area contributed by atoms with Crippen molar-refractivity contribution in [2.24, 2.45) is 5.73 Å². The highest BCUT2D eigenvalue weighted by molar-refractivity contribution is 5.39. The number of rotatable bonds is 3. The molecule has 82 valence electrons. The molecule has 0 bridgehead atoms. The van der Waals surface area contributed by atoms with Gasteiger partial charge in [0.15, 0.2) is 0 Å². The summed E-state index contributed by atoms with van der Waals surface area (Å²) in [6, 6.07) is 4.81. The van der Waals surface area contributed by atoms with E-state index < -0.39 is 0 Å². The zero-order valence-corrected chi connectivity index (χ0v) is 9.32. The van der Waals surface area contributed by atoms with Crippen molar-refractivity contribution in [2.45, 2.75) is 38.3 Å². The Morgan fingerprint density at radius 3 is 2.67 bits per heavy atom. The lowest BCUT2D eigenvalue weighted by molar-refractivity contribution is 0.646. The lowest BCUT2D eigenvalue weighted by Gasteiger charge is -2.25. The molecular weight excluding hydrogens is 186 g/mol. The second-order valence-corrected chi connectivity index (χ2v) is 4.28. The highest BCUT2D eigenvalue weighted by Crippen LogP contribution is 2.25. The smallest absolute Gasteiger partial charge is 0.128 e. The van der Waals surface area contributed by atoms with E-state index in [9.17, 15) is 0 Å².